The number of carbonyl (C=O) groups excluding carboxylic acids is 2. The van der Waals surface area contributed by atoms with Crippen molar-refractivity contribution in [3.05, 3.63) is 60.1 Å². The van der Waals surface area contributed by atoms with Crippen LogP contribution in [0.1, 0.15) is 37.2 Å². The Bertz CT molecular complexity index is 840. The second-order valence-electron chi connectivity index (χ2n) is 7.14. The van der Waals surface area contributed by atoms with Gasteiger partial charge in [0.1, 0.15) is 11.5 Å². The molecule has 2 aromatic rings. The molecule has 0 radical (unpaired) electrons. The maximum Gasteiger partial charge on any atom is 0.244 e. The first kappa shape index (κ1) is 16.6. The van der Waals surface area contributed by atoms with E-state index in [1.807, 2.05) is 42.5 Å². The van der Waals surface area contributed by atoms with Gasteiger partial charge in [0, 0.05) is 30.6 Å². The lowest BCUT2D eigenvalue weighted by atomic mass is 10.2. The molecule has 1 saturated carbocycles. The van der Waals surface area contributed by atoms with Crippen LogP contribution in [-0.4, -0.2) is 24.4 Å². The molecule has 2 heterocycles. The lowest BCUT2D eigenvalue weighted by molar-refractivity contribution is -0.117. The lowest BCUT2D eigenvalue weighted by Crippen LogP contribution is -2.36. The molecule has 2 fully saturated rings. The number of rotatable bonds is 5. The number of furan rings is 1. The van der Waals surface area contributed by atoms with Gasteiger partial charge in [-0.2, -0.15) is 0 Å². The van der Waals surface area contributed by atoms with Gasteiger partial charge < -0.3 is 14.6 Å². The van der Waals surface area contributed by atoms with Crippen LogP contribution in [0.5, 0.6) is 0 Å². The van der Waals surface area contributed by atoms with Crippen molar-refractivity contribution < 1.29 is 14.0 Å². The first-order valence-corrected chi connectivity index (χ1v) is 9.04. The number of nitrogens with one attached hydrogen (secondary N) is 1. The van der Waals surface area contributed by atoms with E-state index in [1.54, 1.807) is 11.0 Å². The van der Waals surface area contributed by atoms with Gasteiger partial charge in [-0.1, -0.05) is 25.1 Å². The van der Waals surface area contributed by atoms with Crippen molar-refractivity contribution in [3.8, 4) is 0 Å². The fourth-order valence-corrected chi connectivity index (χ4v) is 3.44. The molecule has 3 unspecified atom stereocenters. The van der Waals surface area contributed by atoms with Crippen LogP contribution in [0.4, 0.5) is 5.69 Å². The highest BCUT2D eigenvalue weighted by Gasteiger charge is 2.36. The van der Waals surface area contributed by atoms with Crippen LogP contribution in [0.3, 0.4) is 0 Å². The highest BCUT2D eigenvalue weighted by Crippen LogP contribution is 2.47. The Balaban J connectivity index is 1.32. The summed E-state index contributed by atoms with van der Waals surface area (Å²) in [6.07, 6.45) is 4.63. The normalized spacial score (nSPS) is 25.0. The summed E-state index contributed by atoms with van der Waals surface area (Å²) in [6.45, 7) is 2.70. The monoisotopic (exact) mass is 350 g/mol. The lowest BCUT2D eigenvalue weighted by Gasteiger charge is -2.16. The minimum atomic E-state index is -0.213. The Kier molecular flexibility index (Phi) is 4.37. The molecule has 1 saturated heterocycles. The highest BCUT2D eigenvalue weighted by atomic mass is 16.3. The summed E-state index contributed by atoms with van der Waals surface area (Å²) in [5.74, 6) is 2.71. The standard InChI is InChI=1S/C21H22N2O3/c1-14-11-18(14)19-9-7-17(26-19)8-10-20(24)22-15-12-21(25)23(13-15)16-5-3-2-4-6-16/h2-10,14-15,18H,11-13H2,1H3,(H,22,24)/b10-8+. The summed E-state index contributed by atoms with van der Waals surface area (Å²) in [6, 6.07) is 13.2. The largest absolute Gasteiger partial charge is 0.461 e. The van der Waals surface area contributed by atoms with Crippen LogP contribution in [0, 0.1) is 5.92 Å². The average molecular weight is 350 g/mol. The molecular weight excluding hydrogens is 328 g/mol. The maximum atomic E-state index is 12.2. The van der Waals surface area contributed by atoms with Crippen LogP contribution in [-0.2, 0) is 9.59 Å². The zero-order valence-electron chi connectivity index (χ0n) is 14.7. The quantitative estimate of drug-likeness (QED) is 0.841. The number of hydrogen-bond donors (Lipinski definition) is 1. The van der Waals surface area contributed by atoms with Gasteiger partial charge in [-0.3, -0.25) is 9.59 Å². The van der Waals surface area contributed by atoms with Crippen molar-refractivity contribution in [3.63, 3.8) is 0 Å². The van der Waals surface area contributed by atoms with E-state index in [1.165, 1.54) is 12.5 Å². The van der Waals surface area contributed by atoms with Gasteiger partial charge in [0.25, 0.3) is 0 Å². The van der Waals surface area contributed by atoms with Crippen molar-refractivity contribution in [1.82, 2.24) is 5.32 Å². The van der Waals surface area contributed by atoms with E-state index in [9.17, 15) is 9.59 Å². The third kappa shape index (κ3) is 3.57. The summed E-state index contributed by atoms with van der Waals surface area (Å²) in [5, 5.41) is 2.90. The fourth-order valence-electron chi connectivity index (χ4n) is 3.44. The molecular formula is C21H22N2O3. The molecule has 1 aliphatic carbocycles. The Hall–Kier alpha value is -2.82. The van der Waals surface area contributed by atoms with Gasteiger partial charge in [-0.15, -0.1) is 0 Å². The maximum absolute atomic E-state index is 12.2. The Labute approximate surface area is 152 Å². The second-order valence-corrected chi connectivity index (χ2v) is 7.14. The van der Waals surface area contributed by atoms with Gasteiger partial charge in [0.2, 0.25) is 11.8 Å². The Morgan fingerprint density at radius 3 is 2.73 bits per heavy atom. The Morgan fingerprint density at radius 2 is 2.00 bits per heavy atom. The predicted octanol–water partition coefficient (Wildman–Crippen LogP) is 3.34. The van der Waals surface area contributed by atoms with E-state index in [-0.39, 0.29) is 17.9 Å². The number of benzene rings is 1. The van der Waals surface area contributed by atoms with Crippen LogP contribution in [0.15, 0.2) is 53.0 Å². The molecule has 3 atom stereocenters. The zero-order chi connectivity index (χ0) is 18.1. The predicted molar refractivity (Wildman–Crippen MR) is 99.6 cm³/mol. The molecule has 2 aliphatic rings. The summed E-state index contributed by atoms with van der Waals surface area (Å²) in [7, 11) is 0. The van der Waals surface area contributed by atoms with Crippen LogP contribution in [0.2, 0.25) is 0 Å². The van der Waals surface area contributed by atoms with Gasteiger partial charge in [0.05, 0.1) is 6.04 Å². The van der Waals surface area contributed by atoms with E-state index in [0.29, 0.717) is 30.6 Å². The van der Waals surface area contributed by atoms with E-state index < -0.39 is 0 Å². The molecule has 1 N–H and O–H groups in total. The minimum absolute atomic E-state index is 0.0275. The molecule has 2 amide bonds. The van der Waals surface area contributed by atoms with Crippen LogP contribution in [0.25, 0.3) is 6.08 Å². The van der Waals surface area contributed by atoms with Gasteiger partial charge >= 0.3 is 0 Å². The van der Waals surface area contributed by atoms with Crippen LogP contribution < -0.4 is 10.2 Å². The third-order valence-corrected chi connectivity index (χ3v) is 5.06. The number of anilines is 1. The Morgan fingerprint density at radius 1 is 1.23 bits per heavy atom. The number of para-hydroxylation sites is 1. The van der Waals surface area contributed by atoms with E-state index in [0.717, 1.165) is 11.4 Å². The molecule has 4 rings (SSSR count). The summed E-state index contributed by atoms with van der Waals surface area (Å²) in [4.78, 5) is 26.1. The number of nitrogens with zero attached hydrogens (tertiary/aromatic N) is 1. The van der Waals surface area contributed by atoms with Crippen molar-refractivity contribution in [1.29, 1.82) is 0 Å². The van der Waals surface area contributed by atoms with Crippen LogP contribution >= 0.6 is 0 Å². The number of carbonyl (C=O) groups is 2. The van der Waals surface area contributed by atoms with Gasteiger partial charge in [-0.25, -0.2) is 0 Å². The molecule has 5 heteroatoms. The SMILES string of the molecule is CC1CC1c1ccc(/C=C/C(=O)NC2CC(=O)N(c3ccccc3)C2)o1. The molecule has 1 aromatic carbocycles. The van der Waals surface area contributed by atoms with Gasteiger partial charge in [-0.05, 0) is 42.7 Å². The van der Waals surface area contributed by atoms with E-state index in [2.05, 4.69) is 12.2 Å². The fraction of sp³-hybridized carbons (Fsp3) is 0.333. The molecule has 0 spiro atoms. The highest BCUT2D eigenvalue weighted by molar-refractivity contribution is 5.98. The van der Waals surface area contributed by atoms with Crippen molar-refractivity contribution in [2.24, 2.45) is 5.92 Å². The third-order valence-electron chi connectivity index (χ3n) is 5.06. The van der Waals surface area contributed by atoms with E-state index >= 15 is 0 Å². The molecule has 134 valence electrons. The zero-order valence-corrected chi connectivity index (χ0v) is 14.7. The second kappa shape index (κ2) is 6.83. The molecule has 26 heavy (non-hydrogen) atoms. The van der Waals surface area contributed by atoms with Crippen molar-refractivity contribution >= 4 is 23.6 Å². The topological polar surface area (TPSA) is 62.6 Å². The summed E-state index contributed by atoms with van der Waals surface area (Å²) >= 11 is 0. The first-order chi connectivity index (χ1) is 12.6. The first-order valence-electron chi connectivity index (χ1n) is 9.04. The molecule has 1 aliphatic heterocycles. The molecule has 1 aromatic heterocycles. The van der Waals surface area contributed by atoms with E-state index in [4.69, 9.17) is 4.42 Å². The smallest absolute Gasteiger partial charge is 0.244 e. The average Bonchev–Trinajstić information content (AvgIpc) is 3.04. The summed E-state index contributed by atoms with van der Waals surface area (Å²) in [5.41, 5.74) is 0.863. The summed E-state index contributed by atoms with van der Waals surface area (Å²) < 4.78 is 5.76. The number of hydrogen-bond acceptors (Lipinski definition) is 3. The molecule has 5 nitrogen and oxygen atoms in total. The molecule has 0 bridgehead atoms. The van der Waals surface area contributed by atoms with Crippen molar-refractivity contribution in [2.45, 2.75) is 31.7 Å². The van der Waals surface area contributed by atoms with Gasteiger partial charge in [0.15, 0.2) is 0 Å². The minimum Gasteiger partial charge on any atom is -0.461 e. The van der Waals surface area contributed by atoms with Crippen molar-refractivity contribution in [2.75, 3.05) is 11.4 Å². The number of amides is 2.